The van der Waals surface area contributed by atoms with Crippen molar-refractivity contribution in [1.82, 2.24) is 9.88 Å². The Balaban J connectivity index is 0.00000180. The average molecular weight is 305 g/mol. The van der Waals surface area contributed by atoms with Gasteiger partial charge in [-0.15, -0.1) is 23.7 Å². The van der Waals surface area contributed by atoms with E-state index in [2.05, 4.69) is 9.88 Å². The van der Waals surface area contributed by atoms with Gasteiger partial charge >= 0.3 is 0 Å². The summed E-state index contributed by atoms with van der Waals surface area (Å²) in [6.07, 6.45) is 1.06. The molecule has 0 saturated carbocycles. The number of carbonyl (C=O) groups is 1. The molecule has 7 heteroatoms. The second kappa shape index (κ2) is 7.19. The highest BCUT2D eigenvalue weighted by Gasteiger charge is 2.20. The molecule has 0 unspecified atom stereocenters. The third-order valence-electron chi connectivity index (χ3n) is 3.16. The highest BCUT2D eigenvalue weighted by molar-refractivity contribution is 7.14. The van der Waals surface area contributed by atoms with Gasteiger partial charge in [0.2, 0.25) is 5.91 Å². The molecule has 0 aromatic carbocycles. The van der Waals surface area contributed by atoms with Gasteiger partial charge in [-0.3, -0.25) is 14.6 Å². The molecule has 0 spiro atoms. The third kappa shape index (κ3) is 4.14. The van der Waals surface area contributed by atoms with Crippen molar-refractivity contribution in [2.24, 2.45) is 5.73 Å². The van der Waals surface area contributed by atoms with E-state index in [1.165, 1.54) is 11.3 Å². The molecule has 2 heterocycles. The summed E-state index contributed by atoms with van der Waals surface area (Å²) in [6, 6.07) is 0.299. The van der Waals surface area contributed by atoms with Gasteiger partial charge in [-0.2, -0.15) is 0 Å². The van der Waals surface area contributed by atoms with E-state index in [4.69, 9.17) is 5.73 Å². The molecule has 0 bridgehead atoms. The minimum Gasteiger partial charge on any atom is -0.326 e. The molecule has 1 saturated heterocycles. The van der Waals surface area contributed by atoms with E-state index in [9.17, 15) is 4.79 Å². The summed E-state index contributed by atoms with van der Waals surface area (Å²) in [5.74, 6) is 0.0431. The first-order valence-corrected chi connectivity index (χ1v) is 7.18. The van der Waals surface area contributed by atoms with Gasteiger partial charge in [0, 0.05) is 44.5 Å². The van der Waals surface area contributed by atoms with Crippen molar-refractivity contribution in [3.8, 4) is 0 Å². The first-order chi connectivity index (χ1) is 8.60. The standard InChI is InChI=1S/C12H20N4OS.ClH/c1-3-16(9(2)17)12-14-11(8-18-12)7-15-5-4-10(13)6-15;/h8,10H,3-7,13H2,1-2H3;1H/t10-;/m1./s1. The Hall–Kier alpha value is -0.690. The number of hydrogen-bond acceptors (Lipinski definition) is 5. The van der Waals surface area contributed by atoms with Gasteiger partial charge in [-0.05, 0) is 13.3 Å². The summed E-state index contributed by atoms with van der Waals surface area (Å²) >= 11 is 1.53. The molecule has 1 fully saturated rings. The average Bonchev–Trinajstić information content (AvgIpc) is 2.90. The van der Waals surface area contributed by atoms with Gasteiger partial charge in [0.15, 0.2) is 5.13 Å². The molecule has 2 rings (SSSR count). The first kappa shape index (κ1) is 16.4. The van der Waals surface area contributed by atoms with Crippen molar-refractivity contribution in [3.05, 3.63) is 11.1 Å². The number of halogens is 1. The maximum atomic E-state index is 11.4. The predicted octanol–water partition coefficient (Wildman–Crippen LogP) is 1.47. The number of anilines is 1. The zero-order chi connectivity index (χ0) is 13.1. The molecule has 1 aliphatic heterocycles. The van der Waals surface area contributed by atoms with Gasteiger partial charge in [-0.25, -0.2) is 4.98 Å². The number of amides is 1. The highest BCUT2D eigenvalue weighted by Crippen LogP contribution is 2.22. The SMILES string of the molecule is CCN(C(C)=O)c1nc(CN2CC[C@@H](N)C2)cs1.Cl. The number of nitrogens with zero attached hydrogens (tertiary/aromatic N) is 3. The number of hydrogen-bond donors (Lipinski definition) is 1. The van der Waals surface area contributed by atoms with E-state index in [1.807, 2.05) is 12.3 Å². The second-order valence-electron chi connectivity index (χ2n) is 4.67. The largest absolute Gasteiger partial charge is 0.326 e. The van der Waals surface area contributed by atoms with Gasteiger partial charge in [-0.1, -0.05) is 0 Å². The van der Waals surface area contributed by atoms with Crippen LogP contribution >= 0.6 is 23.7 Å². The monoisotopic (exact) mass is 304 g/mol. The molecule has 1 atom stereocenters. The predicted molar refractivity (Wildman–Crippen MR) is 80.9 cm³/mol. The van der Waals surface area contributed by atoms with Crippen LogP contribution < -0.4 is 10.6 Å². The fourth-order valence-electron chi connectivity index (χ4n) is 2.22. The van der Waals surface area contributed by atoms with E-state index in [0.29, 0.717) is 12.6 Å². The molecule has 1 aromatic heterocycles. The van der Waals surface area contributed by atoms with E-state index in [1.54, 1.807) is 11.8 Å². The molecule has 1 amide bonds. The third-order valence-corrected chi connectivity index (χ3v) is 4.07. The Morgan fingerprint density at radius 3 is 2.95 bits per heavy atom. The van der Waals surface area contributed by atoms with Gasteiger partial charge in [0.25, 0.3) is 0 Å². The van der Waals surface area contributed by atoms with Crippen LogP contribution in [0, 0.1) is 0 Å². The fourth-order valence-corrected chi connectivity index (χ4v) is 3.14. The molecular formula is C12H21ClN4OS. The Kier molecular flexibility index (Phi) is 6.19. The highest BCUT2D eigenvalue weighted by atomic mass is 35.5. The maximum absolute atomic E-state index is 11.4. The van der Waals surface area contributed by atoms with Crippen LogP contribution in [0.4, 0.5) is 5.13 Å². The van der Waals surface area contributed by atoms with Crippen LogP contribution in [0.3, 0.4) is 0 Å². The minimum atomic E-state index is 0. The quantitative estimate of drug-likeness (QED) is 0.915. The summed E-state index contributed by atoms with van der Waals surface area (Å²) in [4.78, 5) is 20.0. The summed E-state index contributed by atoms with van der Waals surface area (Å²) in [6.45, 7) is 7.01. The van der Waals surface area contributed by atoms with Crippen molar-refractivity contribution in [1.29, 1.82) is 0 Å². The Morgan fingerprint density at radius 1 is 1.68 bits per heavy atom. The Labute approximate surface area is 124 Å². The fraction of sp³-hybridized carbons (Fsp3) is 0.667. The van der Waals surface area contributed by atoms with Crippen molar-refractivity contribution >= 4 is 34.8 Å². The van der Waals surface area contributed by atoms with E-state index >= 15 is 0 Å². The first-order valence-electron chi connectivity index (χ1n) is 6.30. The maximum Gasteiger partial charge on any atom is 0.225 e. The van der Waals surface area contributed by atoms with Crippen LogP contribution in [0.2, 0.25) is 0 Å². The molecule has 0 aliphatic carbocycles. The lowest BCUT2D eigenvalue weighted by Gasteiger charge is -2.15. The number of rotatable bonds is 4. The van der Waals surface area contributed by atoms with E-state index in [0.717, 1.165) is 36.9 Å². The summed E-state index contributed by atoms with van der Waals surface area (Å²) in [5, 5.41) is 2.83. The van der Waals surface area contributed by atoms with Gasteiger partial charge in [0.1, 0.15) is 0 Å². The van der Waals surface area contributed by atoms with Crippen LogP contribution in [-0.4, -0.2) is 41.5 Å². The Bertz CT molecular complexity index is 426. The van der Waals surface area contributed by atoms with E-state index < -0.39 is 0 Å². The number of likely N-dealkylation sites (tertiary alicyclic amines) is 1. The molecule has 108 valence electrons. The minimum absolute atomic E-state index is 0. The summed E-state index contributed by atoms with van der Waals surface area (Å²) in [7, 11) is 0. The molecule has 5 nitrogen and oxygen atoms in total. The van der Waals surface area contributed by atoms with Crippen LogP contribution in [0.1, 0.15) is 26.0 Å². The molecule has 2 N–H and O–H groups in total. The summed E-state index contributed by atoms with van der Waals surface area (Å²) in [5.41, 5.74) is 6.91. The number of nitrogens with two attached hydrogens (primary N) is 1. The van der Waals surface area contributed by atoms with Crippen molar-refractivity contribution in [2.45, 2.75) is 32.9 Å². The molecular weight excluding hydrogens is 284 g/mol. The number of aromatic nitrogens is 1. The van der Waals surface area contributed by atoms with Crippen LogP contribution in [-0.2, 0) is 11.3 Å². The number of carbonyl (C=O) groups excluding carboxylic acids is 1. The summed E-state index contributed by atoms with van der Waals surface area (Å²) < 4.78 is 0. The zero-order valence-electron chi connectivity index (χ0n) is 11.3. The molecule has 1 aliphatic rings. The van der Waals surface area contributed by atoms with Crippen molar-refractivity contribution in [2.75, 3.05) is 24.5 Å². The van der Waals surface area contributed by atoms with Crippen molar-refractivity contribution < 1.29 is 4.79 Å². The lowest BCUT2D eigenvalue weighted by molar-refractivity contribution is -0.116. The number of thiazole rings is 1. The normalized spacial score (nSPS) is 19.2. The van der Waals surface area contributed by atoms with Gasteiger partial charge in [0.05, 0.1) is 5.69 Å². The second-order valence-corrected chi connectivity index (χ2v) is 5.51. The van der Waals surface area contributed by atoms with Crippen LogP contribution in [0.15, 0.2) is 5.38 Å². The molecule has 1 aromatic rings. The van der Waals surface area contributed by atoms with Crippen molar-refractivity contribution in [3.63, 3.8) is 0 Å². The lowest BCUT2D eigenvalue weighted by Crippen LogP contribution is -2.28. The molecule has 19 heavy (non-hydrogen) atoms. The zero-order valence-corrected chi connectivity index (χ0v) is 13.0. The topological polar surface area (TPSA) is 62.5 Å². The molecule has 0 radical (unpaired) electrons. The van der Waals surface area contributed by atoms with Gasteiger partial charge < -0.3 is 5.73 Å². The van der Waals surface area contributed by atoms with E-state index in [-0.39, 0.29) is 18.3 Å². The smallest absolute Gasteiger partial charge is 0.225 e. The van der Waals surface area contributed by atoms with Crippen LogP contribution in [0.5, 0.6) is 0 Å². The Morgan fingerprint density at radius 2 is 2.42 bits per heavy atom. The lowest BCUT2D eigenvalue weighted by atomic mass is 10.3. The van der Waals surface area contributed by atoms with Crippen LogP contribution in [0.25, 0.3) is 0 Å².